The van der Waals surface area contributed by atoms with E-state index in [1.54, 1.807) is 54.9 Å². The summed E-state index contributed by atoms with van der Waals surface area (Å²) in [4.78, 5) is 41.8. The number of carbonyl (C=O) groups is 2. The second-order valence-corrected chi connectivity index (χ2v) is 11.8. The van der Waals surface area contributed by atoms with Gasteiger partial charge in [-0.3, -0.25) is 25.0 Å². The molecule has 1 unspecified atom stereocenters. The highest BCUT2D eigenvalue weighted by molar-refractivity contribution is 6.14. The molecule has 2 aromatic carbocycles. The Labute approximate surface area is 270 Å². The van der Waals surface area contributed by atoms with Gasteiger partial charge in [0.05, 0.1) is 29.2 Å². The number of hydrogen-bond donors (Lipinski definition) is 5. The van der Waals surface area contributed by atoms with E-state index in [1.807, 2.05) is 13.8 Å². The molecule has 1 saturated heterocycles. The molecule has 1 aliphatic heterocycles. The van der Waals surface area contributed by atoms with E-state index in [4.69, 9.17) is 9.72 Å². The first-order valence-electron chi connectivity index (χ1n) is 15.5. The number of amides is 2. The van der Waals surface area contributed by atoms with Crippen molar-refractivity contribution in [2.75, 3.05) is 22.6 Å². The average molecular weight is 635 g/mol. The van der Waals surface area contributed by atoms with E-state index in [9.17, 15) is 19.4 Å². The van der Waals surface area contributed by atoms with Crippen LogP contribution in [0.2, 0.25) is 0 Å². The van der Waals surface area contributed by atoms with E-state index in [0.29, 0.717) is 57.8 Å². The molecular weight excluding hydrogens is 599 g/mol. The predicted molar refractivity (Wildman–Crippen MR) is 179 cm³/mol. The van der Waals surface area contributed by atoms with Gasteiger partial charge in [0.2, 0.25) is 5.91 Å². The molecular formula is C35H35FN8O3. The molecule has 2 amide bonds. The third kappa shape index (κ3) is 7.33. The van der Waals surface area contributed by atoms with Crippen LogP contribution in [0.5, 0.6) is 0 Å². The van der Waals surface area contributed by atoms with Crippen LogP contribution in [-0.2, 0) is 9.53 Å². The Kier molecular flexibility index (Phi) is 9.30. The number of benzene rings is 2. The van der Waals surface area contributed by atoms with Crippen molar-refractivity contribution in [2.45, 2.75) is 45.8 Å². The zero-order valence-electron chi connectivity index (χ0n) is 26.1. The number of nitrogens with zero attached hydrogens (tertiary/aromatic N) is 3. The summed E-state index contributed by atoms with van der Waals surface area (Å²) in [5.74, 6) is -0.557. The molecule has 1 fully saturated rings. The topological polar surface area (TPSA) is 158 Å². The first kappa shape index (κ1) is 31.5. The van der Waals surface area contributed by atoms with Gasteiger partial charge in [0, 0.05) is 53.5 Å². The maximum Gasteiger partial charge on any atom is 0.257 e. The molecule has 5 N–H and O–H groups in total. The molecule has 5 aromatic rings. The number of pyridine rings is 2. The van der Waals surface area contributed by atoms with Crippen LogP contribution in [0, 0.1) is 17.1 Å². The van der Waals surface area contributed by atoms with Crippen molar-refractivity contribution in [1.29, 1.82) is 5.41 Å². The van der Waals surface area contributed by atoms with Crippen molar-refractivity contribution in [1.82, 2.24) is 19.9 Å². The molecule has 0 radical (unpaired) electrons. The maximum atomic E-state index is 14.7. The Bertz CT molecular complexity index is 1950. The van der Waals surface area contributed by atoms with Gasteiger partial charge in [-0.2, -0.15) is 0 Å². The summed E-state index contributed by atoms with van der Waals surface area (Å²) in [7, 11) is 0. The number of carbonyl (C=O) groups excluding carboxylic acids is 2. The smallest absolute Gasteiger partial charge is 0.257 e. The zero-order chi connectivity index (χ0) is 32.9. The van der Waals surface area contributed by atoms with Crippen molar-refractivity contribution in [3.63, 3.8) is 0 Å². The molecule has 12 heteroatoms. The van der Waals surface area contributed by atoms with Gasteiger partial charge in [-0.05, 0) is 55.5 Å². The Balaban J connectivity index is 1.31. The number of H-pyrrole nitrogens is 1. The highest BCUT2D eigenvalue weighted by Crippen LogP contribution is 2.31. The fourth-order valence-corrected chi connectivity index (χ4v) is 5.46. The molecule has 1 atom stereocenters. The van der Waals surface area contributed by atoms with Crippen LogP contribution in [0.15, 0.2) is 73.3 Å². The van der Waals surface area contributed by atoms with Gasteiger partial charge >= 0.3 is 0 Å². The van der Waals surface area contributed by atoms with Gasteiger partial charge in [0.1, 0.15) is 23.3 Å². The van der Waals surface area contributed by atoms with Gasteiger partial charge in [0.15, 0.2) is 5.82 Å². The molecule has 6 rings (SSSR count). The number of halogens is 1. The van der Waals surface area contributed by atoms with Crippen LogP contribution in [0.3, 0.4) is 0 Å². The second-order valence-electron chi connectivity index (χ2n) is 11.8. The van der Waals surface area contributed by atoms with Crippen molar-refractivity contribution in [3.05, 3.63) is 96.1 Å². The van der Waals surface area contributed by atoms with Crippen LogP contribution in [0.4, 0.5) is 21.5 Å². The number of fused-ring (bicyclic) bond motifs is 1. The standard InChI is InChI=1S/C35H35FN8O3/c1-20(2)13-30(45)40-23-14-21(16-38-17-23)35(46)41-22-10-11-28(42-31-9-5-6-12-47-31)25(15-22)32(37)34-43-29-19-39-18-26(33(29)44-34)24-7-3-4-8-27(24)36/h3-4,7-8,10-11,14-20,31,37,42H,5-6,9,12-13H2,1-2H3,(H,40,45)(H,41,46)(H,43,44). The van der Waals surface area contributed by atoms with Gasteiger partial charge < -0.3 is 25.7 Å². The third-order valence-corrected chi connectivity index (χ3v) is 7.72. The van der Waals surface area contributed by atoms with Crippen molar-refractivity contribution in [3.8, 4) is 11.1 Å². The monoisotopic (exact) mass is 634 g/mol. The van der Waals surface area contributed by atoms with Crippen LogP contribution in [0.1, 0.15) is 61.3 Å². The van der Waals surface area contributed by atoms with E-state index in [-0.39, 0.29) is 35.2 Å². The number of ether oxygens (including phenoxy) is 1. The van der Waals surface area contributed by atoms with Crippen molar-refractivity contribution < 1.29 is 18.7 Å². The molecule has 240 valence electrons. The fourth-order valence-electron chi connectivity index (χ4n) is 5.46. The first-order chi connectivity index (χ1) is 22.7. The van der Waals surface area contributed by atoms with Crippen LogP contribution >= 0.6 is 0 Å². The summed E-state index contributed by atoms with van der Waals surface area (Å²) in [5, 5.41) is 18.3. The summed E-state index contributed by atoms with van der Waals surface area (Å²) < 4.78 is 20.6. The molecule has 1 aliphatic rings. The molecule has 4 heterocycles. The lowest BCUT2D eigenvalue weighted by molar-refractivity contribution is -0.116. The fraction of sp³-hybridized carbons (Fsp3) is 0.257. The minimum Gasteiger partial charge on any atom is -0.360 e. The van der Waals surface area contributed by atoms with Crippen LogP contribution < -0.4 is 16.0 Å². The van der Waals surface area contributed by atoms with Gasteiger partial charge in [-0.25, -0.2) is 9.37 Å². The number of hydrogen-bond acceptors (Lipinski definition) is 8. The Morgan fingerprint density at radius 1 is 1.00 bits per heavy atom. The van der Waals surface area contributed by atoms with Gasteiger partial charge in [0.25, 0.3) is 5.91 Å². The number of aromatic amines is 1. The predicted octanol–water partition coefficient (Wildman–Crippen LogP) is 6.75. The van der Waals surface area contributed by atoms with Crippen LogP contribution in [0.25, 0.3) is 22.2 Å². The lowest BCUT2D eigenvalue weighted by Gasteiger charge is -2.26. The average Bonchev–Trinajstić information content (AvgIpc) is 3.50. The summed E-state index contributed by atoms with van der Waals surface area (Å²) in [6.45, 7) is 4.54. The second kappa shape index (κ2) is 13.9. The van der Waals surface area contributed by atoms with E-state index < -0.39 is 11.7 Å². The number of imidazole rings is 1. The number of nitrogens with one attached hydrogen (secondary N) is 5. The maximum absolute atomic E-state index is 14.7. The van der Waals surface area contributed by atoms with E-state index in [0.717, 1.165) is 19.3 Å². The molecule has 11 nitrogen and oxygen atoms in total. The SMILES string of the molecule is CC(C)CC(=O)Nc1cncc(C(=O)Nc2ccc(NC3CCCCO3)c(C(=N)c3nc4c(-c5ccccc5F)cncc4[nH]3)c2)c1. The molecule has 47 heavy (non-hydrogen) atoms. The molecule has 3 aromatic heterocycles. The molecule has 0 aliphatic carbocycles. The van der Waals surface area contributed by atoms with Crippen molar-refractivity contribution in [2.24, 2.45) is 5.92 Å². The van der Waals surface area contributed by atoms with Crippen LogP contribution in [-0.4, -0.2) is 50.3 Å². The normalized spacial score (nSPS) is 14.6. The minimum atomic E-state index is -0.435. The van der Waals surface area contributed by atoms with Crippen molar-refractivity contribution >= 4 is 45.6 Å². The third-order valence-electron chi connectivity index (χ3n) is 7.72. The Morgan fingerprint density at radius 2 is 1.83 bits per heavy atom. The highest BCUT2D eigenvalue weighted by Gasteiger charge is 2.21. The summed E-state index contributed by atoms with van der Waals surface area (Å²) in [5.41, 5.74) is 4.14. The summed E-state index contributed by atoms with van der Waals surface area (Å²) in [6, 6.07) is 13.2. The zero-order valence-corrected chi connectivity index (χ0v) is 26.1. The molecule has 0 bridgehead atoms. The number of aromatic nitrogens is 4. The number of rotatable bonds is 10. The number of anilines is 3. The molecule has 0 saturated carbocycles. The Hall–Kier alpha value is -5.49. The van der Waals surface area contributed by atoms with Gasteiger partial charge in [-0.1, -0.05) is 32.0 Å². The summed E-state index contributed by atoms with van der Waals surface area (Å²) >= 11 is 0. The lowest BCUT2D eigenvalue weighted by Crippen LogP contribution is -2.28. The largest absolute Gasteiger partial charge is 0.360 e. The molecule has 0 spiro atoms. The first-order valence-corrected chi connectivity index (χ1v) is 15.5. The Morgan fingerprint density at radius 3 is 2.62 bits per heavy atom. The highest BCUT2D eigenvalue weighted by atomic mass is 19.1. The summed E-state index contributed by atoms with van der Waals surface area (Å²) in [6.07, 6.45) is 8.97. The quantitative estimate of drug-likeness (QED) is 0.106. The van der Waals surface area contributed by atoms with E-state index in [2.05, 4.69) is 30.9 Å². The lowest BCUT2D eigenvalue weighted by atomic mass is 10.0. The van der Waals surface area contributed by atoms with E-state index >= 15 is 0 Å². The van der Waals surface area contributed by atoms with Gasteiger partial charge in [-0.15, -0.1) is 0 Å². The minimum absolute atomic E-state index is 0.0478. The van der Waals surface area contributed by atoms with E-state index in [1.165, 1.54) is 18.5 Å².